The highest BCUT2D eigenvalue weighted by Gasteiger charge is 2.41. The van der Waals surface area contributed by atoms with Gasteiger partial charge in [-0.15, -0.1) is 0 Å². The highest BCUT2D eigenvalue weighted by molar-refractivity contribution is 7.93. The van der Waals surface area contributed by atoms with Crippen LogP contribution in [-0.4, -0.2) is 39.1 Å². The SMILES string of the molecule is C=NN(CC)/C(=C(/c1ccc(F)cc1)C(C)C(/C=C\C)=C/C=C/S(C)(=O)=O)C(F)(F)F. The molecule has 0 amide bonds. The monoisotopic (exact) mass is 458 g/mol. The minimum Gasteiger partial charge on any atom is -0.261 e. The summed E-state index contributed by atoms with van der Waals surface area (Å²) in [6.45, 7) is 7.91. The van der Waals surface area contributed by atoms with Crippen molar-refractivity contribution in [2.75, 3.05) is 12.8 Å². The van der Waals surface area contributed by atoms with E-state index in [0.717, 1.165) is 28.8 Å². The van der Waals surface area contributed by atoms with Gasteiger partial charge < -0.3 is 0 Å². The molecule has 0 aromatic heterocycles. The molecule has 0 aliphatic heterocycles. The normalized spacial score (nSPS) is 15.3. The second kappa shape index (κ2) is 11.1. The average molecular weight is 459 g/mol. The van der Waals surface area contributed by atoms with Crippen molar-refractivity contribution in [1.82, 2.24) is 5.01 Å². The van der Waals surface area contributed by atoms with Crippen molar-refractivity contribution in [3.8, 4) is 0 Å². The van der Waals surface area contributed by atoms with Crippen LogP contribution in [0.3, 0.4) is 0 Å². The van der Waals surface area contributed by atoms with Gasteiger partial charge in [-0.2, -0.15) is 18.3 Å². The van der Waals surface area contributed by atoms with Crippen LogP contribution in [0, 0.1) is 11.7 Å². The zero-order valence-corrected chi connectivity index (χ0v) is 18.6. The van der Waals surface area contributed by atoms with Crippen molar-refractivity contribution in [2.24, 2.45) is 11.0 Å². The molecule has 1 rings (SSSR count). The summed E-state index contributed by atoms with van der Waals surface area (Å²) in [5.41, 5.74) is -0.583. The molecule has 0 radical (unpaired) electrons. The number of hydrogen-bond acceptors (Lipinski definition) is 4. The van der Waals surface area contributed by atoms with Crippen LogP contribution >= 0.6 is 0 Å². The van der Waals surface area contributed by atoms with Crippen LogP contribution in [0.4, 0.5) is 17.6 Å². The van der Waals surface area contributed by atoms with Crippen molar-refractivity contribution in [1.29, 1.82) is 0 Å². The van der Waals surface area contributed by atoms with Crippen LogP contribution in [-0.2, 0) is 9.84 Å². The number of benzene rings is 1. The van der Waals surface area contributed by atoms with Gasteiger partial charge in [0.15, 0.2) is 9.84 Å². The number of rotatable bonds is 9. The maximum Gasteiger partial charge on any atom is 0.433 e. The zero-order chi connectivity index (χ0) is 23.8. The second-order valence-electron chi connectivity index (χ2n) is 6.67. The molecule has 1 aromatic rings. The van der Waals surface area contributed by atoms with E-state index in [1.54, 1.807) is 26.0 Å². The summed E-state index contributed by atoms with van der Waals surface area (Å²) in [6.07, 6.45) is 2.15. The molecule has 0 N–H and O–H groups in total. The maximum absolute atomic E-state index is 14.2. The summed E-state index contributed by atoms with van der Waals surface area (Å²) in [6, 6.07) is 4.69. The third-order valence-electron chi connectivity index (χ3n) is 4.31. The average Bonchev–Trinajstić information content (AvgIpc) is 2.66. The Hall–Kier alpha value is -2.68. The maximum atomic E-state index is 14.2. The quantitative estimate of drug-likeness (QED) is 0.205. The summed E-state index contributed by atoms with van der Waals surface area (Å²) in [5.74, 6) is -1.43. The minimum atomic E-state index is -4.78. The van der Waals surface area contributed by atoms with Gasteiger partial charge in [-0.1, -0.05) is 43.4 Å². The molecule has 0 fully saturated rings. The minimum absolute atomic E-state index is 0.0909. The number of hydrazone groups is 1. The molecule has 1 atom stereocenters. The van der Waals surface area contributed by atoms with Gasteiger partial charge in [0, 0.05) is 30.8 Å². The van der Waals surface area contributed by atoms with Crippen molar-refractivity contribution in [3.05, 3.63) is 76.6 Å². The van der Waals surface area contributed by atoms with Crippen LogP contribution in [0.5, 0.6) is 0 Å². The van der Waals surface area contributed by atoms with Gasteiger partial charge in [-0.05, 0) is 42.7 Å². The molecule has 0 spiro atoms. The molecular formula is C22H26F4N2O2S. The molecule has 170 valence electrons. The highest BCUT2D eigenvalue weighted by Crippen LogP contribution is 2.41. The molecule has 4 nitrogen and oxygen atoms in total. The van der Waals surface area contributed by atoms with Crippen LogP contribution in [0.2, 0.25) is 0 Å². The van der Waals surface area contributed by atoms with E-state index >= 15 is 0 Å². The molecule has 0 bridgehead atoms. The fourth-order valence-corrected chi connectivity index (χ4v) is 3.35. The lowest BCUT2D eigenvalue weighted by molar-refractivity contribution is -0.110. The summed E-state index contributed by atoms with van der Waals surface area (Å²) in [4.78, 5) is 0. The van der Waals surface area contributed by atoms with E-state index in [0.29, 0.717) is 5.57 Å². The van der Waals surface area contributed by atoms with E-state index in [4.69, 9.17) is 0 Å². The molecular weight excluding hydrogens is 432 g/mol. The van der Waals surface area contributed by atoms with Gasteiger partial charge in [0.05, 0.1) is 0 Å². The second-order valence-corrected chi connectivity index (χ2v) is 8.60. The molecule has 31 heavy (non-hydrogen) atoms. The lowest BCUT2D eigenvalue weighted by atomic mass is 9.85. The first kappa shape index (κ1) is 26.4. The first-order valence-electron chi connectivity index (χ1n) is 9.38. The van der Waals surface area contributed by atoms with Crippen molar-refractivity contribution >= 4 is 22.1 Å². The topological polar surface area (TPSA) is 49.7 Å². The van der Waals surface area contributed by atoms with Crippen LogP contribution in [0.25, 0.3) is 5.57 Å². The lowest BCUT2D eigenvalue weighted by Gasteiger charge is -2.29. The summed E-state index contributed by atoms with van der Waals surface area (Å²) >= 11 is 0. The third kappa shape index (κ3) is 7.82. The summed E-state index contributed by atoms with van der Waals surface area (Å²) in [7, 11) is -3.41. The first-order chi connectivity index (χ1) is 14.4. The number of nitrogens with zero attached hydrogens (tertiary/aromatic N) is 2. The molecule has 1 aromatic carbocycles. The molecule has 9 heteroatoms. The highest BCUT2D eigenvalue weighted by atomic mass is 32.2. The zero-order valence-electron chi connectivity index (χ0n) is 17.8. The van der Waals surface area contributed by atoms with E-state index in [-0.39, 0.29) is 17.7 Å². The first-order valence-corrected chi connectivity index (χ1v) is 11.3. The van der Waals surface area contributed by atoms with Crippen LogP contribution in [0.1, 0.15) is 26.3 Å². The Kier molecular flexibility index (Phi) is 9.42. The predicted molar refractivity (Wildman–Crippen MR) is 117 cm³/mol. The Balaban J connectivity index is 3.90. The van der Waals surface area contributed by atoms with E-state index in [1.807, 2.05) is 0 Å². The third-order valence-corrected chi connectivity index (χ3v) is 4.97. The van der Waals surface area contributed by atoms with Gasteiger partial charge in [0.25, 0.3) is 0 Å². The summed E-state index contributed by atoms with van der Waals surface area (Å²) in [5, 5.41) is 5.22. The van der Waals surface area contributed by atoms with Crippen LogP contribution < -0.4 is 0 Å². The van der Waals surface area contributed by atoms with Crippen molar-refractivity contribution in [2.45, 2.75) is 26.9 Å². The predicted octanol–water partition coefficient (Wildman–Crippen LogP) is 5.73. The van der Waals surface area contributed by atoms with E-state index in [2.05, 4.69) is 11.8 Å². The number of halogens is 4. The number of alkyl halides is 3. The largest absolute Gasteiger partial charge is 0.433 e. The van der Waals surface area contributed by atoms with Gasteiger partial charge in [0.2, 0.25) is 0 Å². The fraction of sp³-hybridized carbons (Fsp3) is 0.318. The molecule has 1 unspecified atom stereocenters. The Morgan fingerprint density at radius 2 is 1.84 bits per heavy atom. The lowest BCUT2D eigenvalue weighted by Crippen LogP contribution is -2.30. The molecule has 0 saturated carbocycles. The number of sulfone groups is 1. The molecule has 0 aliphatic carbocycles. The molecule has 0 aliphatic rings. The van der Waals surface area contributed by atoms with Crippen molar-refractivity contribution < 1.29 is 26.0 Å². The van der Waals surface area contributed by atoms with E-state index in [1.165, 1.54) is 31.2 Å². The van der Waals surface area contributed by atoms with Crippen LogP contribution in [0.15, 0.2) is 70.3 Å². The molecule has 0 heterocycles. The van der Waals surface area contributed by atoms with Gasteiger partial charge in [-0.3, -0.25) is 5.01 Å². The van der Waals surface area contributed by atoms with E-state index < -0.39 is 33.4 Å². The smallest absolute Gasteiger partial charge is 0.261 e. The number of allylic oxidation sites excluding steroid dienone is 7. The summed E-state index contributed by atoms with van der Waals surface area (Å²) < 4.78 is 78.8. The standard InChI is InChI=1S/C22H26F4N2O2S/c1-6-9-17(10-8-15-31(5,29)30)16(3)20(18-11-13-19(23)14-12-18)21(22(24,25)26)28(7-2)27-4/h6,8-16H,4,7H2,1-3,5H3/b9-6-,15-8+,17-10+,21-20+. The van der Waals surface area contributed by atoms with Gasteiger partial charge in [0.1, 0.15) is 11.5 Å². The van der Waals surface area contributed by atoms with Gasteiger partial charge >= 0.3 is 6.18 Å². The van der Waals surface area contributed by atoms with Crippen molar-refractivity contribution in [3.63, 3.8) is 0 Å². The fourth-order valence-electron chi connectivity index (χ4n) is 2.98. The Morgan fingerprint density at radius 3 is 2.26 bits per heavy atom. The molecule has 0 saturated heterocycles. The van der Waals surface area contributed by atoms with Gasteiger partial charge in [-0.25, -0.2) is 12.8 Å². The van der Waals surface area contributed by atoms with E-state index in [9.17, 15) is 26.0 Å². The Morgan fingerprint density at radius 1 is 1.26 bits per heavy atom. The Bertz CT molecular complexity index is 989. The number of hydrogen-bond donors (Lipinski definition) is 0. The Labute approximate surface area is 180 Å².